The molecule has 2 aromatic carbocycles. The van der Waals surface area contributed by atoms with Gasteiger partial charge >= 0.3 is 0 Å². The molecule has 0 spiro atoms. The third kappa shape index (κ3) is 6.26. The molecule has 0 saturated carbocycles. The average molecular weight is 589 g/mol. The Morgan fingerprint density at radius 2 is 1.71 bits per heavy atom. The minimum atomic E-state index is -4.41. The van der Waals surface area contributed by atoms with Gasteiger partial charge < -0.3 is 15.2 Å². The summed E-state index contributed by atoms with van der Waals surface area (Å²) in [4.78, 5) is 35.4. The van der Waals surface area contributed by atoms with Gasteiger partial charge in [0.2, 0.25) is 15.9 Å². The normalized spacial score (nSPS) is 12.6. The lowest BCUT2D eigenvalue weighted by Crippen LogP contribution is -2.32. The summed E-state index contributed by atoms with van der Waals surface area (Å²) in [6.07, 6.45) is 0. The Morgan fingerprint density at radius 1 is 1.10 bits per heavy atom. The average Bonchev–Trinajstić information content (AvgIpc) is 3.34. The number of anilines is 2. The number of hydrogen-bond acceptors (Lipinski definition) is 8. The number of amides is 1. The highest BCUT2D eigenvalue weighted by Gasteiger charge is 2.29. The van der Waals surface area contributed by atoms with Crippen molar-refractivity contribution < 1.29 is 22.0 Å². The Balaban J connectivity index is 1.83. The van der Waals surface area contributed by atoms with Crippen molar-refractivity contribution in [3.63, 3.8) is 0 Å². The van der Waals surface area contributed by atoms with Crippen molar-refractivity contribution in [3.8, 4) is 0 Å². The number of halogens is 2. The molecule has 15 heteroatoms. The summed E-state index contributed by atoms with van der Waals surface area (Å²) in [6, 6.07) is 7.36. The molecule has 0 aliphatic rings. The summed E-state index contributed by atoms with van der Waals surface area (Å²) in [6.45, 7) is 5.48. The van der Waals surface area contributed by atoms with Crippen LogP contribution in [0, 0.1) is 11.6 Å². The first-order chi connectivity index (χ1) is 19.3. The van der Waals surface area contributed by atoms with Gasteiger partial charge in [0.25, 0.3) is 5.56 Å². The van der Waals surface area contributed by atoms with Crippen molar-refractivity contribution in [2.45, 2.75) is 24.7 Å². The van der Waals surface area contributed by atoms with Crippen LogP contribution in [0.1, 0.15) is 36.7 Å². The molecule has 1 unspecified atom stereocenters. The number of H-pyrrole nitrogens is 2. The van der Waals surface area contributed by atoms with Crippen molar-refractivity contribution in [1.29, 1.82) is 0 Å². The highest BCUT2D eigenvalue weighted by molar-refractivity contribution is 7.89. The monoisotopic (exact) mass is 588 g/mol. The number of carbonyl (C=O) groups is 1. The van der Waals surface area contributed by atoms with Crippen molar-refractivity contribution >= 4 is 38.5 Å². The van der Waals surface area contributed by atoms with E-state index in [0.29, 0.717) is 42.3 Å². The number of hydrogen-bond donors (Lipinski definition) is 4. The van der Waals surface area contributed by atoms with E-state index in [1.54, 1.807) is 31.1 Å². The van der Waals surface area contributed by atoms with Crippen molar-refractivity contribution in [2.75, 3.05) is 43.9 Å². The van der Waals surface area contributed by atoms with E-state index >= 15 is 8.78 Å². The summed E-state index contributed by atoms with van der Waals surface area (Å²) in [5.41, 5.74) is -0.348. The largest absolute Gasteiger partial charge is 0.361 e. The number of nitrogens with two attached hydrogens (primary N) is 1. The number of carbonyl (C=O) groups excluding carboxylic acids is 1. The highest BCUT2D eigenvalue weighted by Crippen LogP contribution is 2.35. The molecule has 0 saturated heterocycles. The predicted octanol–water partition coefficient (Wildman–Crippen LogP) is 2.10. The van der Waals surface area contributed by atoms with Crippen LogP contribution in [0.5, 0.6) is 0 Å². The van der Waals surface area contributed by atoms with Gasteiger partial charge in [-0.05, 0) is 42.9 Å². The van der Waals surface area contributed by atoms with Gasteiger partial charge in [-0.1, -0.05) is 26.0 Å². The summed E-state index contributed by atoms with van der Waals surface area (Å²) in [7, 11) is -1.03. The number of nitrogens with zero attached hydrogens (tertiary/aromatic N) is 4. The Morgan fingerprint density at radius 3 is 2.24 bits per heavy atom. The number of aromatic nitrogens is 4. The topological polar surface area (TPSA) is 170 Å². The van der Waals surface area contributed by atoms with E-state index in [0.717, 1.165) is 0 Å². The highest BCUT2D eigenvalue weighted by atomic mass is 32.2. The number of rotatable bonds is 10. The second-order valence-electron chi connectivity index (χ2n) is 9.53. The fourth-order valence-electron chi connectivity index (χ4n) is 4.47. The minimum absolute atomic E-state index is 0.0831. The Hall–Kier alpha value is -4.21. The molecule has 218 valence electrons. The second-order valence-corrected chi connectivity index (χ2v) is 11.1. The zero-order valence-corrected chi connectivity index (χ0v) is 23.6. The van der Waals surface area contributed by atoms with Gasteiger partial charge in [-0.2, -0.15) is 5.10 Å². The molecule has 2 heterocycles. The molecule has 0 aliphatic heterocycles. The first-order valence-electron chi connectivity index (χ1n) is 12.6. The molecule has 12 nitrogen and oxygen atoms in total. The first kappa shape index (κ1) is 29.8. The van der Waals surface area contributed by atoms with Crippen molar-refractivity contribution in [3.05, 3.63) is 75.3 Å². The standard InChI is InChI=1S/C26H30F2N8O4S/c1-5-36(6-2)13-19(37)30-15-9-7-14(8-10-15)20(21-17(27)11-16(12-18(21)28)41(29,39)40)23-31-24-22(26(38)32-23)25(34-33-24)35(3)4/h7-12,20H,5-6,13H2,1-4H3,(H,30,37)(H2,29,39,40)(H2,31,32,33,34,38). The van der Waals surface area contributed by atoms with Crippen LogP contribution in [-0.4, -0.2) is 73.1 Å². The van der Waals surface area contributed by atoms with Gasteiger partial charge in [-0.3, -0.25) is 19.6 Å². The fraction of sp³-hybridized carbons (Fsp3) is 0.308. The Kier molecular flexibility index (Phi) is 8.51. The molecule has 0 aliphatic carbocycles. The quantitative estimate of drug-likeness (QED) is 0.218. The Labute approximate surface area is 234 Å². The third-order valence-corrected chi connectivity index (χ3v) is 7.48. The maximum atomic E-state index is 15.5. The molecule has 0 radical (unpaired) electrons. The minimum Gasteiger partial charge on any atom is -0.361 e. The van der Waals surface area contributed by atoms with E-state index < -0.39 is 43.6 Å². The van der Waals surface area contributed by atoms with E-state index in [4.69, 9.17) is 5.14 Å². The van der Waals surface area contributed by atoms with Crippen LogP contribution in [0.15, 0.2) is 46.1 Å². The van der Waals surface area contributed by atoms with Crippen LogP contribution in [-0.2, 0) is 14.8 Å². The maximum Gasteiger partial charge on any atom is 0.264 e. The molecule has 1 atom stereocenters. The SMILES string of the molecule is CCN(CC)CC(=O)Nc1ccc(C(c2nc3[nH]nc(N(C)C)c3c(=O)[nH]2)c2c(F)cc(S(N)(=O)=O)cc2F)cc1. The van der Waals surface area contributed by atoms with Crippen LogP contribution < -0.4 is 20.9 Å². The van der Waals surface area contributed by atoms with E-state index in [2.05, 4.69) is 25.5 Å². The number of fused-ring (bicyclic) bond motifs is 1. The third-order valence-electron chi connectivity index (χ3n) is 6.59. The van der Waals surface area contributed by atoms with Crippen LogP contribution in [0.25, 0.3) is 11.0 Å². The lowest BCUT2D eigenvalue weighted by Gasteiger charge is -2.20. The number of sulfonamides is 1. The van der Waals surface area contributed by atoms with E-state index in [1.165, 1.54) is 12.1 Å². The predicted molar refractivity (Wildman–Crippen MR) is 150 cm³/mol. The molecule has 4 rings (SSSR count). The molecule has 5 N–H and O–H groups in total. The number of aromatic amines is 2. The molecule has 2 aromatic heterocycles. The maximum absolute atomic E-state index is 15.5. The van der Waals surface area contributed by atoms with Gasteiger partial charge in [0.05, 0.1) is 17.4 Å². The summed E-state index contributed by atoms with van der Waals surface area (Å²) >= 11 is 0. The number of likely N-dealkylation sites (N-methyl/N-ethyl adjacent to an activating group) is 1. The zero-order valence-electron chi connectivity index (χ0n) is 22.8. The lowest BCUT2D eigenvalue weighted by molar-refractivity contribution is -0.117. The fourth-order valence-corrected chi connectivity index (χ4v) is 5.01. The van der Waals surface area contributed by atoms with Crippen LogP contribution in [0.4, 0.5) is 20.3 Å². The van der Waals surface area contributed by atoms with Gasteiger partial charge in [0, 0.05) is 25.3 Å². The number of nitrogens with one attached hydrogen (secondary N) is 3. The molecule has 4 aromatic rings. The van der Waals surface area contributed by atoms with Gasteiger partial charge in [-0.25, -0.2) is 27.3 Å². The van der Waals surface area contributed by atoms with Gasteiger partial charge in [0.15, 0.2) is 11.5 Å². The van der Waals surface area contributed by atoms with E-state index in [9.17, 15) is 18.0 Å². The molecule has 0 bridgehead atoms. The van der Waals surface area contributed by atoms with Crippen molar-refractivity contribution in [2.24, 2.45) is 5.14 Å². The molecular formula is C26H30F2N8O4S. The van der Waals surface area contributed by atoms with Crippen LogP contribution in [0.2, 0.25) is 0 Å². The van der Waals surface area contributed by atoms with E-state index in [1.807, 2.05) is 18.7 Å². The molecular weight excluding hydrogens is 558 g/mol. The second kappa shape index (κ2) is 11.7. The van der Waals surface area contributed by atoms with Crippen LogP contribution >= 0.6 is 0 Å². The van der Waals surface area contributed by atoms with Crippen LogP contribution in [0.3, 0.4) is 0 Å². The first-order valence-corrected chi connectivity index (χ1v) is 14.2. The smallest absolute Gasteiger partial charge is 0.264 e. The molecule has 41 heavy (non-hydrogen) atoms. The molecule has 1 amide bonds. The number of benzene rings is 2. The Bertz CT molecular complexity index is 1730. The van der Waals surface area contributed by atoms with Gasteiger partial charge in [-0.15, -0.1) is 0 Å². The lowest BCUT2D eigenvalue weighted by atomic mass is 9.89. The molecule has 0 fully saturated rings. The van der Waals surface area contributed by atoms with E-state index in [-0.39, 0.29) is 29.3 Å². The summed E-state index contributed by atoms with van der Waals surface area (Å²) in [5, 5.41) is 14.8. The summed E-state index contributed by atoms with van der Waals surface area (Å²) < 4.78 is 54.5. The summed E-state index contributed by atoms with van der Waals surface area (Å²) in [5.74, 6) is -3.80. The van der Waals surface area contributed by atoms with Crippen molar-refractivity contribution in [1.82, 2.24) is 25.1 Å². The zero-order chi connectivity index (χ0) is 30.1. The number of primary sulfonamides is 1. The van der Waals surface area contributed by atoms with Gasteiger partial charge in [0.1, 0.15) is 22.8 Å².